The van der Waals surface area contributed by atoms with Crippen LogP contribution in [0.15, 0.2) is 18.2 Å². The second-order valence-corrected chi connectivity index (χ2v) is 7.12. The molecule has 0 bridgehead atoms. The van der Waals surface area contributed by atoms with E-state index in [9.17, 15) is 9.59 Å². The maximum absolute atomic E-state index is 12.8. The van der Waals surface area contributed by atoms with Crippen molar-refractivity contribution in [3.8, 4) is 0 Å². The molecule has 1 aromatic carbocycles. The summed E-state index contributed by atoms with van der Waals surface area (Å²) in [6.45, 7) is 2.50. The zero-order chi connectivity index (χ0) is 15.1. The van der Waals surface area contributed by atoms with Crippen LogP contribution in [-0.2, 0) is 9.59 Å². The first kappa shape index (κ1) is 15.1. The first-order valence-electron chi connectivity index (χ1n) is 7.09. The molecular weight excluding hydrogens is 403 g/mol. The summed E-state index contributed by atoms with van der Waals surface area (Å²) in [7, 11) is 0. The van der Waals surface area contributed by atoms with Crippen molar-refractivity contribution in [2.24, 2.45) is 0 Å². The molecule has 4 nitrogen and oxygen atoms in total. The third kappa shape index (κ3) is 2.54. The van der Waals surface area contributed by atoms with Gasteiger partial charge in [0.2, 0.25) is 5.91 Å². The van der Waals surface area contributed by atoms with Crippen molar-refractivity contribution in [1.29, 1.82) is 0 Å². The number of rotatable bonds is 1. The summed E-state index contributed by atoms with van der Waals surface area (Å²) < 4.78 is 0.886. The second-order valence-electron chi connectivity index (χ2n) is 5.52. The molecule has 2 heterocycles. The Morgan fingerprint density at radius 3 is 2.71 bits per heavy atom. The molecule has 2 fully saturated rings. The highest BCUT2D eigenvalue weighted by molar-refractivity contribution is 14.1. The molecule has 0 N–H and O–H groups in total. The highest BCUT2D eigenvalue weighted by atomic mass is 127. The third-order valence-electron chi connectivity index (χ3n) is 4.22. The fourth-order valence-electron chi connectivity index (χ4n) is 3.16. The fraction of sp³-hybridized carbons (Fsp3) is 0.467. The molecule has 2 amide bonds. The SMILES string of the molecule is CC1C(=O)N2CCCCC2C(=O)N1c1ccc(Cl)cc1I. The summed E-state index contributed by atoms with van der Waals surface area (Å²) in [5.41, 5.74) is 0.774. The minimum atomic E-state index is -0.457. The summed E-state index contributed by atoms with van der Waals surface area (Å²) in [6, 6.07) is 4.64. The normalized spacial score (nSPS) is 26.0. The van der Waals surface area contributed by atoms with E-state index >= 15 is 0 Å². The lowest BCUT2D eigenvalue weighted by Gasteiger charge is -2.46. The van der Waals surface area contributed by atoms with Gasteiger partial charge in [-0.25, -0.2) is 0 Å². The number of anilines is 1. The van der Waals surface area contributed by atoms with Gasteiger partial charge in [0.25, 0.3) is 5.91 Å². The number of hydrogen-bond donors (Lipinski definition) is 0. The molecule has 112 valence electrons. The van der Waals surface area contributed by atoms with Crippen LogP contribution < -0.4 is 4.90 Å². The van der Waals surface area contributed by atoms with Gasteiger partial charge in [-0.05, 0) is 67.0 Å². The summed E-state index contributed by atoms with van der Waals surface area (Å²) in [5.74, 6) is 0.0760. The largest absolute Gasteiger partial charge is 0.329 e. The Labute approximate surface area is 142 Å². The number of piperidine rings is 1. The molecule has 2 aliphatic heterocycles. The van der Waals surface area contributed by atoms with Crippen LogP contribution in [0.5, 0.6) is 0 Å². The molecule has 2 saturated heterocycles. The molecule has 2 atom stereocenters. The Morgan fingerprint density at radius 2 is 2.00 bits per heavy atom. The van der Waals surface area contributed by atoms with Gasteiger partial charge in [0, 0.05) is 15.1 Å². The van der Waals surface area contributed by atoms with Gasteiger partial charge < -0.3 is 4.90 Å². The molecule has 3 rings (SSSR count). The smallest absolute Gasteiger partial charge is 0.250 e. The van der Waals surface area contributed by atoms with Crippen LogP contribution in [0.4, 0.5) is 5.69 Å². The number of hydrogen-bond acceptors (Lipinski definition) is 2. The molecule has 0 spiro atoms. The number of piperazine rings is 1. The van der Waals surface area contributed by atoms with E-state index in [1.54, 1.807) is 22.8 Å². The number of benzene rings is 1. The molecule has 0 radical (unpaired) electrons. The van der Waals surface area contributed by atoms with Crippen molar-refractivity contribution in [2.45, 2.75) is 38.3 Å². The van der Waals surface area contributed by atoms with E-state index in [2.05, 4.69) is 22.6 Å². The third-order valence-corrected chi connectivity index (χ3v) is 5.32. The van der Waals surface area contributed by atoms with Crippen molar-refractivity contribution in [3.05, 3.63) is 26.8 Å². The van der Waals surface area contributed by atoms with E-state index in [-0.39, 0.29) is 17.9 Å². The van der Waals surface area contributed by atoms with Crippen LogP contribution >= 0.6 is 34.2 Å². The quantitative estimate of drug-likeness (QED) is 0.658. The molecule has 21 heavy (non-hydrogen) atoms. The number of carbonyl (C=O) groups is 2. The Balaban J connectivity index is 2.01. The van der Waals surface area contributed by atoms with Crippen LogP contribution in [0, 0.1) is 3.57 Å². The van der Waals surface area contributed by atoms with Crippen LogP contribution in [0.2, 0.25) is 5.02 Å². The van der Waals surface area contributed by atoms with E-state index in [4.69, 9.17) is 11.6 Å². The monoisotopic (exact) mass is 418 g/mol. The van der Waals surface area contributed by atoms with Gasteiger partial charge in [-0.1, -0.05) is 11.6 Å². The topological polar surface area (TPSA) is 40.6 Å². The van der Waals surface area contributed by atoms with Crippen molar-refractivity contribution in [1.82, 2.24) is 4.90 Å². The fourth-order valence-corrected chi connectivity index (χ4v) is 4.29. The van der Waals surface area contributed by atoms with Gasteiger partial charge in [-0.2, -0.15) is 0 Å². The molecule has 0 saturated carbocycles. The maximum atomic E-state index is 12.8. The molecular formula is C15H16ClIN2O2. The molecule has 1 aromatic rings. The lowest BCUT2D eigenvalue weighted by atomic mass is 9.95. The second kappa shape index (κ2) is 5.76. The van der Waals surface area contributed by atoms with Gasteiger partial charge in [0.1, 0.15) is 12.1 Å². The number of nitrogens with zero attached hydrogens (tertiary/aromatic N) is 2. The highest BCUT2D eigenvalue weighted by Crippen LogP contribution is 2.33. The van der Waals surface area contributed by atoms with E-state index in [1.165, 1.54) is 0 Å². The van der Waals surface area contributed by atoms with Crippen LogP contribution in [-0.4, -0.2) is 35.3 Å². The summed E-state index contributed by atoms with van der Waals surface area (Å²) in [4.78, 5) is 28.8. The predicted octanol–water partition coefficient (Wildman–Crippen LogP) is 3.06. The minimum absolute atomic E-state index is 0.0297. The van der Waals surface area contributed by atoms with Crippen molar-refractivity contribution >= 4 is 51.7 Å². The Bertz CT molecular complexity index is 607. The number of fused-ring (bicyclic) bond motifs is 1. The number of amides is 2. The standard InChI is InChI=1S/C15H16ClIN2O2/c1-9-14(20)18-7-3-2-4-13(18)15(21)19(9)12-6-5-10(16)8-11(12)17/h5-6,8-9,13H,2-4,7H2,1H3. The van der Waals surface area contributed by atoms with E-state index in [0.717, 1.165) is 28.5 Å². The van der Waals surface area contributed by atoms with Gasteiger partial charge in [0.05, 0.1) is 5.69 Å². The summed E-state index contributed by atoms with van der Waals surface area (Å²) in [6.07, 6.45) is 2.75. The van der Waals surface area contributed by atoms with Crippen molar-refractivity contribution < 1.29 is 9.59 Å². The first-order chi connectivity index (χ1) is 10.0. The van der Waals surface area contributed by atoms with Gasteiger partial charge >= 0.3 is 0 Å². The van der Waals surface area contributed by atoms with Crippen molar-refractivity contribution in [2.75, 3.05) is 11.4 Å². The Hall–Kier alpha value is -0.820. The molecule has 2 unspecified atom stereocenters. The Kier molecular flexibility index (Phi) is 4.14. The molecule has 0 aliphatic carbocycles. The van der Waals surface area contributed by atoms with Gasteiger partial charge in [-0.15, -0.1) is 0 Å². The number of halogens is 2. The van der Waals surface area contributed by atoms with Crippen LogP contribution in [0.1, 0.15) is 26.2 Å². The van der Waals surface area contributed by atoms with Gasteiger partial charge in [0.15, 0.2) is 0 Å². The van der Waals surface area contributed by atoms with Gasteiger partial charge in [-0.3, -0.25) is 14.5 Å². The Morgan fingerprint density at radius 1 is 1.24 bits per heavy atom. The lowest BCUT2D eigenvalue weighted by molar-refractivity contribution is -0.147. The summed E-state index contributed by atoms with van der Waals surface area (Å²) in [5, 5.41) is 0.630. The molecule has 2 aliphatic rings. The van der Waals surface area contributed by atoms with E-state index in [0.29, 0.717) is 11.6 Å². The van der Waals surface area contributed by atoms with Crippen LogP contribution in [0.3, 0.4) is 0 Å². The maximum Gasteiger partial charge on any atom is 0.250 e. The van der Waals surface area contributed by atoms with E-state index in [1.807, 2.05) is 12.1 Å². The molecule has 6 heteroatoms. The zero-order valence-corrected chi connectivity index (χ0v) is 14.6. The average Bonchev–Trinajstić information content (AvgIpc) is 2.47. The lowest BCUT2D eigenvalue weighted by Crippen LogP contribution is -2.65. The molecule has 0 aromatic heterocycles. The van der Waals surface area contributed by atoms with E-state index < -0.39 is 6.04 Å². The van der Waals surface area contributed by atoms with Crippen LogP contribution in [0.25, 0.3) is 0 Å². The highest BCUT2D eigenvalue weighted by Gasteiger charge is 2.45. The zero-order valence-electron chi connectivity index (χ0n) is 11.7. The van der Waals surface area contributed by atoms with Crippen molar-refractivity contribution in [3.63, 3.8) is 0 Å². The first-order valence-corrected chi connectivity index (χ1v) is 8.55. The number of carbonyl (C=O) groups excluding carboxylic acids is 2. The average molecular weight is 419 g/mol. The predicted molar refractivity (Wildman–Crippen MR) is 90.5 cm³/mol. The minimum Gasteiger partial charge on any atom is -0.329 e. The summed E-state index contributed by atoms with van der Waals surface area (Å²) >= 11 is 8.14.